The van der Waals surface area contributed by atoms with E-state index in [9.17, 15) is 14.4 Å². The van der Waals surface area contributed by atoms with Crippen LogP contribution in [0.3, 0.4) is 0 Å². The van der Waals surface area contributed by atoms with Crippen molar-refractivity contribution in [2.24, 2.45) is 0 Å². The van der Waals surface area contributed by atoms with Crippen molar-refractivity contribution in [3.8, 4) is 0 Å². The molecule has 6 nitrogen and oxygen atoms in total. The maximum Gasteiger partial charge on any atom is 0.306 e. The Morgan fingerprint density at radius 3 is 0.944 bits per heavy atom. The Hall–Kier alpha value is -4.45. The lowest BCUT2D eigenvalue weighted by Crippen LogP contribution is -2.30. The van der Waals surface area contributed by atoms with Crippen molar-refractivity contribution in [3.63, 3.8) is 0 Å². The first-order valence-corrected chi connectivity index (χ1v) is 28.7. The van der Waals surface area contributed by atoms with E-state index in [2.05, 4.69) is 130 Å². The van der Waals surface area contributed by atoms with Crippen LogP contribution in [0.4, 0.5) is 0 Å². The second-order valence-corrected chi connectivity index (χ2v) is 18.5. The van der Waals surface area contributed by atoms with E-state index in [1.807, 2.05) is 24.3 Å². The first-order valence-electron chi connectivity index (χ1n) is 28.7. The summed E-state index contributed by atoms with van der Waals surface area (Å²) in [5.41, 5.74) is 0. The van der Waals surface area contributed by atoms with Gasteiger partial charge >= 0.3 is 17.9 Å². The molecule has 0 rings (SSSR count). The second kappa shape index (κ2) is 58.1. The molecule has 0 fully saturated rings. The Labute approximate surface area is 436 Å². The first-order chi connectivity index (χ1) is 35.0. The molecule has 0 heterocycles. The largest absolute Gasteiger partial charge is 0.462 e. The zero-order valence-corrected chi connectivity index (χ0v) is 45.7. The van der Waals surface area contributed by atoms with E-state index < -0.39 is 12.1 Å². The van der Waals surface area contributed by atoms with Crippen molar-refractivity contribution in [3.05, 3.63) is 134 Å². The molecule has 0 bridgehead atoms. The fourth-order valence-corrected chi connectivity index (χ4v) is 7.39. The summed E-state index contributed by atoms with van der Waals surface area (Å²) < 4.78 is 16.7. The van der Waals surface area contributed by atoms with E-state index in [1.165, 1.54) is 103 Å². The van der Waals surface area contributed by atoms with Gasteiger partial charge in [-0.3, -0.25) is 14.4 Å². The minimum atomic E-state index is -0.852. The van der Waals surface area contributed by atoms with Crippen LogP contribution in [0.1, 0.15) is 239 Å². The molecule has 71 heavy (non-hydrogen) atoms. The van der Waals surface area contributed by atoms with Gasteiger partial charge in [-0.1, -0.05) is 257 Å². The van der Waals surface area contributed by atoms with Crippen LogP contribution in [0.2, 0.25) is 0 Å². The third-order valence-electron chi connectivity index (χ3n) is 11.7. The number of rotatable bonds is 50. The van der Waals surface area contributed by atoms with Gasteiger partial charge in [0, 0.05) is 19.3 Å². The number of unbranched alkanes of at least 4 members (excludes halogenated alkanes) is 17. The predicted molar refractivity (Wildman–Crippen MR) is 306 cm³/mol. The molecule has 0 saturated carbocycles. The van der Waals surface area contributed by atoms with Gasteiger partial charge in [-0.2, -0.15) is 0 Å². The monoisotopic (exact) mass is 981 g/mol. The SMILES string of the molecule is CC/C=C\C/C=C\C/C=C\C/C=C\C/C=C\C/C=C\CCC(=O)O[C@H](COC(=O)CC/C=C\C/C=C\C/C=C\C/C=C\C/C=C\CCCCC)COC(=O)CCCCCCCCCCCCCCCCC. The lowest BCUT2D eigenvalue weighted by molar-refractivity contribution is -0.166. The van der Waals surface area contributed by atoms with Gasteiger partial charge in [-0.25, -0.2) is 0 Å². The normalized spacial score (nSPS) is 13.1. The summed E-state index contributed by atoms with van der Waals surface area (Å²) in [5, 5.41) is 0. The highest BCUT2D eigenvalue weighted by molar-refractivity contribution is 5.71. The van der Waals surface area contributed by atoms with Gasteiger partial charge in [0.2, 0.25) is 0 Å². The van der Waals surface area contributed by atoms with Crippen LogP contribution < -0.4 is 0 Å². The zero-order chi connectivity index (χ0) is 51.4. The smallest absolute Gasteiger partial charge is 0.306 e. The minimum Gasteiger partial charge on any atom is -0.462 e. The summed E-state index contributed by atoms with van der Waals surface area (Å²) in [6.07, 6.45) is 81.8. The van der Waals surface area contributed by atoms with Crippen molar-refractivity contribution in [2.75, 3.05) is 13.2 Å². The molecule has 0 aliphatic heterocycles. The van der Waals surface area contributed by atoms with Crippen molar-refractivity contribution in [1.82, 2.24) is 0 Å². The molecular formula is C65H104O6. The van der Waals surface area contributed by atoms with Crippen LogP contribution in [-0.2, 0) is 28.6 Å². The van der Waals surface area contributed by atoms with Crippen molar-refractivity contribution >= 4 is 17.9 Å². The standard InChI is InChI=1S/C65H104O6/c1-4-7-10-13-16-19-22-25-28-30-32-34-37-40-43-46-49-52-55-58-64(67)70-61-62(60-69-63(66)57-54-51-48-45-42-39-36-27-24-21-18-15-12-9-6-3)71-65(68)59-56-53-50-47-44-41-38-35-33-31-29-26-23-20-17-14-11-8-5-2/h8,11,16-17,19-20,25-26,28-29,32-35,40-41,43-44,49-50,52-53,62H,4-7,9-10,12-15,18,21-24,27,30-31,36-39,42,45-48,51,54-61H2,1-3H3/b11-8-,19-16-,20-17-,28-25-,29-26-,34-32-,35-33-,43-40-,44-41-,52-49-,53-50-/t62-/m0/s1. The molecule has 0 N–H and O–H groups in total. The maximum atomic E-state index is 12.8. The summed E-state index contributed by atoms with van der Waals surface area (Å²) in [7, 11) is 0. The molecule has 0 amide bonds. The molecule has 0 radical (unpaired) electrons. The Morgan fingerprint density at radius 2 is 0.577 bits per heavy atom. The van der Waals surface area contributed by atoms with Gasteiger partial charge < -0.3 is 14.2 Å². The molecule has 1 atom stereocenters. The average Bonchev–Trinajstić information content (AvgIpc) is 3.37. The molecule has 0 spiro atoms. The van der Waals surface area contributed by atoms with Gasteiger partial charge in [0.15, 0.2) is 6.10 Å². The van der Waals surface area contributed by atoms with Gasteiger partial charge in [-0.15, -0.1) is 0 Å². The molecule has 0 aromatic carbocycles. The summed E-state index contributed by atoms with van der Waals surface area (Å²) >= 11 is 0. The number of carbonyl (C=O) groups excluding carboxylic acids is 3. The van der Waals surface area contributed by atoms with Gasteiger partial charge in [0.1, 0.15) is 13.2 Å². The van der Waals surface area contributed by atoms with E-state index in [0.717, 1.165) is 83.5 Å². The molecule has 0 aliphatic rings. The quantitative estimate of drug-likeness (QED) is 0.0262. The topological polar surface area (TPSA) is 78.9 Å². The van der Waals surface area contributed by atoms with Gasteiger partial charge in [0.25, 0.3) is 0 Å². The van der Waals surface area contributed by atoms with Gasteiger partial charge in [0.05, 0.1) is 0 Å². The lowest BCUT2D eigenvalue weighted by atomic mass is 10.0. The number of hydrogen-bond donors (Lipinski definition) is 0. The van der Waals surface area contributed by atoms with Crippen LogP contribution >= 0.6 is 0 Å². The fourth-order valence-electron chi connectivity index (χ4n) is 7.39. The summed E-state index contributed by atoms with van der Waals surface area (Å²) in [4.78, 5) is 38.1. The Bertz CT molecular complexity index is 1550. The first kappa shape index (κ1) is 66.6. The number of carbonyl (C=O) groups is 3. The number of hydrogen-bond acceptors (Lipinski definition) is 6. The highest BCUT2D eigenvalue weighted by Gasteiger charge is 2.19. The van der Waals surface area contributed by atoms with Crippen molar-refractivity contribution in [2.45, 2.75) is 245 Å². The Kier molecular flexibility index (Phi) is 54.5. The zero-order valence-electron chi connectivity index (χ0n) is 45.7. The molecule has 400 valence electrons. The summed E-state index contributed by atoms with van der Waals surface area (Å²) in [6.45, 7) is 6.37. The van der Waals surface area contributed by atoms with Crippen LogP contribution in [-0.4, -0.2) is 37.2 Å². The number of ether oxygens (including phenoxy) is 3. The van der Waals surface area contributed by atoms with E-state index in [1.54, 1.807) is 0 Å². The lowest BCUT2D eigenvalue weighted by Gasteiger charge is -2.18. The van der Waals surface area contributed by atoms with E-state index in [-0.39, 0.29) is 38.0 Å². The van der Waals surface area contributed by atoms with Crippen LogP contribution in [0.5, 0.6) is 0 Å². The number of allylic oxidation sites excluding steroid dienone is 22. The fraction of sp³-hybridized carbons (Fsp3) is 0.615. The summed E-state index contributed by atoms with van der Waals surface area (Å²) in [6, 6.07) is 0. The molecular weight excluding hydrogens is 877 g/mol. The van der Waals surface area contributed by atoms with E-state index >= 15 is 0 Å². The maximum absolute atomic E-state index is 12.8. The van der Waals surface area contributed by atoms with Gasteiger partial charge in [-0.05, 0) is 96.3 Å². The Balaban J connectivity index is 4.63. The van der Waals surface area contributed by atoms with Crippen LogP contribution in [0.15, 0.2) is 134 Å². The third-order valence-corrected chi connectivity index (χ3v) is 11.7. The third kappa shape index (κ3) is 56.3. The summed E-state index contributed by atoms with van der Waals surface area (Å²) in [5.74, 6) is -1.11. The molecule has 6 heteroatoms. The molecule has 0 aromatic heterocycles. The van der Waals surface area contributed by atoms with Crippen molar-refractivity contribution in [1.29, 1.82) is 0 Å². The highest BCUT2D eigenvalue weighted by Crippen LogP contribution is 2.14. The van der Waals surface area contributed by atoms with E-state index in [0.29, 0.717) is 19.3 Å². The predicted octanol–water partition coefficient (Wildman–Crippen LogP) is 19.4. The second-order valence-electron chi connectivity index (χ2n) is 18.5. The van der Waals surface area contributed by atoms with Crippen molar-refractivity contribution < 1.29 is 28.6 Å². The molecule has 0 aliphatic carbocycles. The van der Waals surface area contributed by atoms with E-state index in [4.69, 9.17) is 14.2 Å². The van der Waals surface area contributed by atoms with Crippen LogP contribution in [0.25, 0.3) is 0 Å². The molecule has 0 unspecified atom stereocenters. The molecule has 0 saturated heterocycles. The minimum absolute atomic E-state index is 0.133. The average molecular weight is 982 g/mol. The molecule has 0 aromatic rings. The van der Waals surface area contributed by atoms with Crippen LogP contribution in [0, 0.1) is 0 Å². The Morgan fingerprint density at radius 1 is 0.296 bits per heavy atom. The highest BCUT2D eigenvalue weighted by atomic mass is 16.6. The number of esters is 3.